The largest absolute Gasteiger partial charge is 0.478 e. The number of hydrogen-bond donors (Lipinski definition) is 1. The topological polar surface area (TPSA) is 63.6 Å². The van der Waals surface area contributed by atoms with Gasteiger partial charge < -0.3 is 9.84 Å². The quantitative estimate of drug-likeness (QED) is 0.766. The number of ether oxygens (including phenoxy) is 1. The predicted molar refractivity (Wildman–Crippen MR) is 104 cm³/mol. The van der Waals surface area contributed by atoms with E-state index in [2.05, 4.69) is 33.8 Å². The first-order chi connectivity index (χ1) is 12.6. The van der Waals surface area contributed by atoms with Crippen molar-refractivity contribution in [2.45, 2.75) is 58.0 Å². The Bertz CT molecular complexity index is 876. The molecule has 2 aromatic rings. The van der Waals surface area contributed by atoms with Gasteiger partial charge in [-0.25, -0.2) is 9.59 Å². The van der Waals surface area contributed by atoms with E-state index in [0.717, 1.165) is 18.4 Å². The summed E-state index contributed by atoms with van der Waals surface area (Å²) in [6, 6.07) is 12.2. The van der Waals surface area contributed by atoms with Crippen molar-refractivity contribution in [1.29, 1.82) is 0 Å². The molecule has 0 fully saturated rings. The lowest BCUT2D eigenvalue weighted by Crippen LogP contribution is -2.34. The summed E-state index contributed by atoms with van der Waals surface area (Å²) in [5, 5.41) is 8.93. The molecule has 0 radical (unpaired) electrons. The summed E-state index contributed by atoms with van der Waals surface area (Å²) in [5.74, 6) is -1.34. The first-order valence-electron chi connectivity index (χ1n) is 9.24. The molecule has 0 saturated carbocycles. The lowest BCUT2D eigenvalue weighted by atomic mass is 9.63. The first kappa shape index (κ1) is 19.2. The average molecular weight is 366 g/mol. The zero-order valence-corrected chi connectivity index (χ0v) is 16.3. The number of benzene rings is 2. The van der Waals surface area contributed by atoms with Crippen LogP contribution in [-0.4, -0.2) is 17.0 Å². The van der Waals surface area contributed by atoms with E-state index < -0.39 is 5.97 Å². The molecule has 4 heteroatoms. The van der Waals surface area contributed by atoms with Crippen LogP contribution in [0.3, 0.4) is 0 Å². The van der Waals surface area contributed by atoms with Gasteiger partial charge in [-0.2, -0.15) is 0 Å². The van der Waals surface area contributed by atoms with Crippen LogP contribution in [-0.2, 0) is 22.2 Å². The normalized spacial score (nSPS) is 17.0. The van der Waals surface area contributed by atoms with E-state index in [9.17, 15) is 9.59 Å². The average Bonchev–Trinajstić information content (AvgIpc) is 2.63. The van der Waals surface area contributed by atoms with Crippen LogP contribution in [0.1, 0.15) is 77.9 Å². The van der Waals surface area contributed by atoms with Gasteiger partial charge in [-0.15, -0.1) is 0 Å². The van der Waals surface area contributed by atoms with Crippen LogP contribution in [0, 0.1) is 0 Å². The summed E-state index contributed by atoms with van der Waals surface area (Å²) in [6.45, 7) is 9.06. The van der Waals surface area contributed by atoms with Crippen molar-refractivity contribution in [2.24, 2.45) is 0 Å². The van der Waals surface area contributed by atoms with Crippen LogP contribution >= 0.6 is 0 Å². The molecule has 142 valence electrons. The molecule has 1 N–H and O–H groups in total. The Hall–Kier alpha value is -2.62. The SMILES string of the molecule is CC1(C)CCC(C)(C)c2cc(C(=O)OCc3ccc(C(=O)O)cc3)ccc21. The van der Waals surface area contributed by atoms with E-state index >= 15 is 0 Å². The monoisotopic (exact) mass is 366 g/mol. The van der Waals surface area contributed by atoms with Gasteiger partial charge in [-0.1, -0.05) is 45.9 Å². The minimum atomic E-state index is -0.974. The molecule has 1 aliphatic carbocycles. The Labute approximate surface area is 160 Å². The second kappa shape index (κ2) is 6.84. The van der Waals surface area contributed by atoms with Crippen molar-refractivity contribution in [3.63, 3.8) is 0 Å². The van der Waals surface area contributed by atoms with Crippen LogP contribution in [0.4, 0.5) is 0 Å². The van der Waals surface area contributed by atoms with Gasteiger partial charge in [0.1, 0.15) is 6.61 Å². The highest BCUT2D eigenvalue weighted by atomic mass is 16.5. The standard InChI is InChI=1S/C23H26O4/c1-22(2)11-12-23(3,4)19-13-17(9-10-18(19)22)21(26)27-14-15-5-7-16(8-6-15)20(24)25/h5-10,13H,11-12,14H2,1-4H3,(H,24,25). The highest BCUT2D eigenvalue weighted by molar-refractivity contribution is 5.90. The Morgan fingerprint density at radius 1 is 0.889 bits per heavy atom. The smallest absolute Gasteiger partial charge is 0.338 e. The fourth-order valence-electron chi connectivity index (χ4n) is 3.69. The van der Waals surface area contributed by atoms with Gasteiger partial charge in [0, 0.05) is 0 Å². The second-order valence-electron chi connectivity index (χ2n) is 8.61. The van der Waals surface area contributed by atoms with E-state index in [1.54, 1.807) is 12.1 Å². The van der Waals surface area contributed by atoms with Gasteiger partial charge in [0.05, 0.1) is 11.1 Å². The molecule has 0 saturated heterocycles. The highest BCUT2D eigenvalue weighted by Crippen LogP contribution is 2.45. The molecule has 0 aliphatic heterocycles. The molecule has 2 aromatic carbocycles. The third kappa shape index (κ3) is 3.90. The Morgan fingerprint density at radius 2 is 1.44 bits per heavy atom. The molecule has 1 aliphatic rings. The number of esters is 1. The molecule has 0 unspecified atom stereocenters. The molecule has 0 amide bonds. The van der Waals surface area contributed by atoms with Crippen molar-refractivity contribution >= 4 is 11.9 Å². The summed E-state index contributed by atoms with van der Waals surface area (Å²) < 4.78 is 5.44. The lowest BCUT2D eigenvalue weighted by Gasteiger charge is -2.41. The highest BCUT2D eigenvalue weighted by Gasteiger charge is 2.37. The number of aromatic carboxylic acids is 1. The van der Waals surface area contributed by atoms with Crippen molar-refractivity contribution in [3.05, 3.63) is 70.3 Å². The molecule has 3 rings (SSSR count). The minimum Gasteiger partial charge on any atom is -0.478 e. The van der Waals surface area contributed by atoms with Crippen molar-refractivity contribution in [2.75, 3.05) is 0 Å². The summed E-state index contributed by atoms with van der Waals surface area (Å²) in [5.41, 5.74) is 4.20. The van der Waals surface area contributed by atoms with E-state index in [-0.39, 0.29) is 29.0 Å². The number of carbonyl (C=O) groups excluding carboxylic acids is 1. The van der Waals surface area contributed by atoms with E-state index in [4.69, 9.17) is 9.84 Å². The van der Waals surface area contributed by atoms with Gasteiger partial charge in [-0.3, -0.25) is 0 Å². The molecule has 0 heterocycles. The number of carbonyl (C=O) groups is 2. The van der Waals surface area contributed by atoms with Crippen LogP contribution < -0.4 is 0 Å². The number of fused-ring (bicyclic) bond motifs is 1. The van der Waals surface area contributed by atoms with Crippen LogP contribution in [0.25, 0.3) is 0 Å². The van der Waals surface area contributed by atoms with Crippen molar-refractivity contribution in [1.82, 2.24) is 0 Å². The molecule has 0 spiro atoms. The minimum absolute atomic E-state index is 0.0355. The van der Waals surface area contributed by atoms with Crippen LogP contribution in [0.5, 0.6) is 0 Å². The van der Waals surface area contributed by atoms with Gasteiger partial charge in [0.15, 0.2) is 0 Å². The lowest BCUT2D eigenvalue weighted by molar-refractivity contribution is 0.0471. The maximum Gasteiger partial charge on any atom is 0.338 e. The number of carboxylic acid groups (broad SMARTS) is 1. The molecule has 0 bridgehead atoms. The molecule has 0 atom stereocenters. The summed E-state index contributed by atoms with van der Waals surface area (Å²) >= 11 is 0. The maximum absolute atomic E-state index is 12.5. The van der Waals surface area contributed by atoms with Gasteiger partial charge in [-0.05, 0) is 64.6 Å². The summed E-state index contributed by atoms with van der Waals surface area (Å²) in [7, 11) is 0. The number of rotatable bonds is 4. The zero-order valence-electron chi connectivity index (χ0n) is 16.3. The molecular formula is C23H26O4. The Kier molecular flexibility index (Phi) is 4.85. The van der Waals surface area contributed by atoms with Crippen molar-refractivity contribution < 1.29 is 19.4 Å². The predicted octanol–water partition coefficient (Wildman–Crippen LogP) is 5.09. The van der Waals surface area contributed by atoms with Crippen LogP contribution in [0.2, 0.25) is 0 Å². The third-order valence-corrected chi connectivity index (χ3v) is 5.66. The maximum atomic E-state index is 12.5. The first-order valence-corrected chi connectivity index (χ1v) is 9.24. The number of hydrogen-bond acceptors (Lipinski definition) is 3. The zero-order chi connectivity index (χ0) is 19.8. The Morgan fingerprint density at radius 3 is 2.04 bits per heavy atom. The van der Waals surface area contributed by atoms with E-state index in [1.807, 2.05) is 12.1 Å². The fraction of sp³-hybridized carbons (Fsp3) is 0.391. The molecule has 27 heavy (non-hydrogen) atoms. The van der Waals surface area contributed by atoms with Gasteiger partial charge in [0.2, 0.25) is 0 Å². The Balaban J connectivity index is 1.77. The van der Waals surface area contributed by atoms with Crippen molar-refractivity contribution in [3.8, 4) is 0 Å². The van der Waals surface area contributed by atoms with E-state index in [0.29, 0.717) is 5.56 Å². The number of carboxylic acids is 1. The molecular weight excluding hydrogens is 340 g/mol. The molecule has 4 nitrogen and oxygen atoms in total. The molecule has 0 aromatic heterocycles. The summed E-state index contributed by atoms with van der Waals surface area (Å²) in [6.07, 6.45) is 2.21. The fourth-order valence-corrected chi connectivity index (χ4v) is 3.69. The van der Waals surface area contributed by atoms with Gasteiger partial charge in [0.25, 0.3) is 0 Å². The second-order valence-corrected chi connectivity index (χ2v) is 8.61. The van der Waals surface area contributed by atoms with Gasteiger partial charge >= 0.3 is 11.9 Å². The third-order valence-electron chi connectivity index (χ3n) is 5.66. The summed E-state index contributed by atoms with van der Waals surface area (Å²) in [4.78, 5) is 23.4. The van der Waals surface area contributed by atoms with Crippen LogP contribution in [0.15, 0.2) is 42.5 Å². The van der Waals surface area contributed by atoms with E-state index in [1.165, 1.54) is 23.3 Å².